The summed E-state index contributed by atoms with van der Waals surface area (Å²) in [5.74, 6) is 0. The van der Waals surface area contributed by atoms with Crippen molar-refractivity contribution in [3.05, 3.63) is 36.0 Å². The van der Waals surface area contributed by atoms with Gasteiger partial charge in [-0.3, -0.25) is 4.57 Å². The van der Waals surface area contributed by atoms with Crippen molar-refractivity contribution >= 4 is 17.0 Å². The van der Waals surface area contributed by atoms with Crippen LogP contribution in [0.3, 0.4) is 0 Å². The van der Waals surface area contributed by atoms with Gasteiger partial charge in [-0.05, 0) is 26.8 Å². The van der Waals surface area contributed by atoms with Crippen LogP contribution in [0.15, 0.2) is 30.5 Å². The maximum absolute atomic E-state index is 12.2. The van der Waals surface area contributed by atoms with Crippen molar-refractivity contribution in [1.82, 2.24) is 4.57 Å². The maximum Gasteiger partial charge on any atom is 0.419 e. The fourth-order valence-electron chi connectivity index (χ4n) is 2.06. The molecule has 0 radical (unpaired) electrons. The first-order valence-corrected chi connectivity index (χ1v) is 6.55. The van der Waals surface area contributed by atoms with E-state index in [9.17, 15) is 9.90 Å². The quantitative estimate of drug-likeness (QED) is 0.883. The van der Waals surface area contributed by atoms with Gasteiger partial charge in [0.25, 0.3) is 0 Å². The van der Waals surface area contributed by atoms with Gasteiger partial charge in [0.15, 0.2) is 0 Å². The molecule has 1 heterocycles. The normalized spacial score (nSPS) is 13.4. The van der Waals surface area contributed by atoms with Crippen LogP contribution in [0.5, 0.6) is 0 Å². The Hall–Kier alpha value is -1.85. The number of hydrogen-bond acceptors (Lipinski definition) is 4. The number of carbonyl (C=O) groups excluding carboxylic acids is 1. The van der Waals surface area contributed by atoms with Gasteiger partial charge in [0.2, 0.25) is 0 Å². The molecular weight excluding hydrogens is 256 g/mol. The van der Waals surface area contributed by atoms with Crippen molar-refractivity contribution in [2.24, 2.45) is 5.73 Å². The Labute approximate surface area is 117 Å². The topological polar surface area (TPSA) is 77.5 Å². The molecule has 5 nitrogen and oxygen atoms in total. The van der Waals surface area contributed by atoms with Crippen molar-refractivity contribution in [3.8, 4) is 0 Å². The number of rotatable bonds is 2. The van der Waals surface area contributed by atoms with E-state index in [2.05, 4.69) is 0 Å². The molecule has 5 heteroatoms. The van der Waals surface area contributed by atoms with Crippen LogP contribution >= 0.6 is 0 Å². The number of nitrogens with zero attached hydrogens (tertiary/aromatic N) is 1. The van der Waals surface area contributed by atoms with Crippen molar-refractivity contribution in [3.63, 3.8) is 0 Å². The molecule has 3 N–H and O–H groups in total. The Morgan fingerprint density at radius 1 is 1.40 bits per heavy atom. The molecule has 2 rings (SSSR count). The third-order valence-corrected chi connectivity index (χ3v) is 2.92. The minimum Gasteiger partial charge on any atom is -0.443 e. The standard InChI is InChI=1S/C15H20N2O3/c1-15(2,3)20-14(19)17-9-11(13(18)8-16)10-6-4-5-7-12(10)17/h4-7,9,13,18H,8,16H2,1-3H3. The summed E-state index contributed by atoms with van der Waals surface area (Å²) >= 11 is 0. The zero-order chi connectivity index (χ0) is 14.9. The van der Waals surface area contributed by atoms with Gasteiger partial charge in [0.05, 0.1) is 11.6 Å². The molecule has 0 aliphatic heterocycles. The van der Waals surface area contributed by atoms with Gasteiger partial charge in [-0.25, -0.2) is 4.79 Å². The highest BCUT2D eigenvalue weighted by atomic mass is 16.6. The zero-order valence-corrected chi connectivity index (χ0v) is 12.0. The summed E-state index contributed by atoms with van der Waals surface area (Å²) in [6, 6.07) is 7.35. The second-order valence-corrected chi connectivity index (χ2v) is 5.70. The molecule has 2 aromatic rings. The third-order valence-electron chi connectivity index (χ3n) is 2.92. The minimum absolute atomic E-state index is 0.0995. The first-order chi connectivity index (χ1) is 9.33. The largest absolute Gasteiger partial charge is 0.443 e. The lowest BCUT2D eigenvalue weighted by atomic mass is 10.1. The summed E-state index contributed by atoms with van der Waals surface area (Å²) in [6.07, 6.45) is 0.323. The van der Waals surface area contributed by atoms with Crippen molar-refractivity contribution in [2.45, 2.75) is 32.5 Å². The van der Waals surface area contributed by atoms with Crippen molar-refractivity contribution in [1.29, 1.82) is 0 Å². The Morgan fingerprint density at radius 2 is 2.05 bits per heavy atom. The SMILES string of the molecule is CC(C)(C)OC(=O)n1cc(C(O)CN)c2ccccc21. The van der Waals surface area contributed by atoms with Gasteiger partial charge < -0.3 is 15.6 Å². The highest BCUT2D eigenvalue weighted by Crippen LogP contribution is 2.27. The number of para-hydroxylation sites is 1. The van der Waals surface area contributed by atoms with E-state index in [1.165, 1.54) is 4.57 Å². The molecule has 0 fully saturated rings. The summed E-state index contributed by atoms with van der Waals surface area (Å²) in [7, 11) is 0. The first-order valence-electron chi connectivity index (χ1n) is 6.55. The lowest BCUT2D eigenvalue weighted by Gasteiger charge is -2.19. The molecule has 108 valence electrons. The Kier molecular flexibility index (Phi) is 3.83. The second-order valence-electron chi connectivity index (χ2n) is 5.70. The van der Waals surface area contributed by atoms with Crippen LogP contribution in [0.2, 0.25) is 0 Å². The number of carbonyl (C=O) groups is 1. The average molecular weight is 276 g/mol. The van der Waals surface area contributed by atoms with E-state index in [0.29, 0.717) is 11.1 Å². The molecule has 0 saturated heterocycles. The highest BCUT2D eigenvalue weighted by molar-refractivity contribution is 5.92. The van der Waals surface area contributed by atoms with Crippen molar-refractivity contribution in [2.75, 3.05) is 6.54 Å². The third kappa shape index (κ3) is 2.84. The van der Waals surface area contributed by atoms with E-state index >= 15 is 0 Å². The summed E-state index contributed by atoms with van der Waals surface area (Å²) < 4.78 is 6.78. The molecule has 1 unspecified atom stereocenters. The Morgan fingerprint density at radius 3 is 2.65 bits per heavy atom. The monoisotopic (exact) mass is 276 g/mol. The van der Waals surface area contributed by atoms with Crippen LogP contribution in [0, 0.1) is 0 Å². The number of ether oxygens (including phenoxy) is 1. The zero-order valence-electron chi connectivity index (χ0n) is 12.0. The van der Waals surface area contributed by atoms with E-state index in [-0.39, 0.29) is 6.54 Å². The number of aliphatic hydroxyl groups excluding tert-OH is 1. The molecule has 0 spiro atoms. The fourth-order valence-corrected chi connectivity index (χ4v) is 2.06. The van der Waals surface area contributed by atoms with Gasteiger partial charge in [-0.2, -0.15) is 0 Å². The van der Waals surface area contributed by atoms with Gasteiger partial charge in [0.1, 0.15) is 5.60 Å². The predicted molar refractivity (Wildman–Crippen MR) is 77.6 cm³/mol. The van der Waals surface area contributed by atoms with E-state index < -0.39 is 17.8 Å². The van der Waals surface area contributed by atoms with Gasteiger partial charge in [-0.15, -0.1) is 0 Å². The minimum atomic E-state index is -0.802. The Bertz CT molecular complexity index is 626. The van der Waals surface area contributed by atoms with E-state index in [1.54, 1.807) is 6.20 Å². The molecular formula is C15H20N2O3. The number of aliphatic hydroxyl groups is 1. The molecule has 20 heavy (non-hydrogen) atoms. The van der Waals surface area contributed by atoms with Crippen LogP contribution in [0.1, 0.15) is 32.4 Å². The molecule has 1 aromatic carbocycles. The number of benzene rings is 1. The molecule has 0 saturated carbocycles. The lowest BCUT2D eigenvalue weighted by Crippen LogP contribution is -2.26. The smallest absolute Gasteiger partial charge is 0.419 e. The molecule has 1 atom stereocenters. The van der Waals surface area contributed by atoms with Crippen LogP contribution in [-0.4, -0.2) is 27.9 Å². The summed E-state index contributed by atoms with van der Waals surface area (Å²) in [6.45, 7) is 5.53. The molecule has 0 amide bonds. The molecule has 0 aliphatic rings. The first kappa shape index (κ1) is 14.6. The van der Waals surface area contributed by atoms with Crippen LogP contribution in [-0.2, 0) is 4.74 Å². The summed E-state index contributed by atoms with van der Waals surface area (Å²) in [4.78, 5) is 12.2. The van der Waals surface area contributed by atoms with E-state index in [4.69, 9.17) is 10.5 Å². The Balaban J connectivity index is 2.51. The van der Waals surface area contributed by atoms with Gasteiger partial charge in [-0.1, -0.05) is 18.2 Å². The second kappa shape index (κ2) is 5.26. The van der Waals surface area contributed by atoms with E-state index in [1.807, 2.05) is 45.0 Å². The maximum atomic E-state index is 12.2. The van der Waals surface area contributed by atoms with E-state index in [0.717, 1.165) is 5.39 Å². The average Bonchev–Trinajstić information content (AvgIpc) is 2.75. The highest BCUT2D eigenvalue weighted by Gasteiger charge is 2.22. The predicted octanol–water partition coefficient (Wildman–Crippen LogP) is 2.42. The van der Waals surface area contributed by atoms with Crippen LogP contribution in [0.25, 0.3) is 10.9 Å². The van der Waals surface area contributed by atoms with Crippen molar-refractivity contribution < 1.29 is 14.6 Å². The summed E-state index contributed by atoms with van der Waals surface area (Å²) in [5, 5.41) is 10.8. The van der Waals surface area contributed by atoms with Gasteiger partial charge in [0, 0.05) is 23.7 Å². The number of fused-ring (bicyclic) bond motifs is 1. The number of nitrogens with two attached hydrogens (primary N) is 1. The molecule has 0 bridgehead atoms. The number of hydrogen-bond donors (Lipinski definition) is 2. The molecule has 1 aromatic heterocycles. The number of aromatic nitrogens is 1. The van der Waals surface area contributed by atoms with Crippen LogP contribution in [0.4, 0.5) is 4.79 Å². The summed E-state index contributed by atoms with van der Waals surface area (Å²) in [5.41, 5.74) is 6.26. The fraction of sp³-hybridized carbons (Fsp3) is 0.400. The molecule has 0 aliphatic carbocycles. The lowest BCUT2D eigenvalue weighted by molar-refractivity contribution is 0.0544. The van der Waals surface area contributed by atoms with Crippen LogP contribution < -0.4 is 5.73 Å². The van der Waals surface area contributed by atoms with Gasteiger partial charge >= 0.3 is 6.09 Å².